The lowest BCUT2D eigenvalue weighted by Gasteiger charge is -2.06. The zero-order valence-electron chi connectivity index (χ0n) is 12.2. The van der Waals surface area contributed by atoms with E-state index in [1.54, 1.807) is 5.38 Å². The van der Waals surface area contributed by atoms with Gasteiger partial charge in [-0.15, -0.1) is 11.3 Å². The van der Waals surface area contributed by atoms with E-state index in [1.807, 2.05) is 30.3 Å². The second kappa shape index (κ2) is 6.76. The summed E-state index contributed by atoms with van der Waals surface area (Å²) in [5, 5.41) is 2.47. The molecule has 8 heteroatoms. The third-order valence-corrected chi connectivity index (χ3v) is 5.55. The molecule has 0 aliphatic rings. The van der Waals surface area contributed by atoms with Crippen molar-refractivity contribution in [2.75, 3.05) is 0 Å². The zero-order valence-corrected chi connectivity index (χ0v) is 13.9. The van der Waals surface area contributed by atoms with Crippen LogP contribution in [0.15, 0.2) is 58.8 Å². The molecule has 0 spiro atoms. The van der Waals surface area contributed by atoms with Crippen molar-refractivity contribution in [3.8, 4) is 10.6 Å². The highest BCUT2D eigenvalue weighted by molar-refractivity contribution is 7.89. The first-order chi connectivity index (χ1) is 11.5. The van der Waals surface area contributed by atoms with E-state index in [0.29, 0.717) is 11.8 Å². The standard InChI is InChI=1S/C16H12F2N2O2S2/c17-12-6-7-14(18)15(8-12)24(21,22)19-9-13-10-23-16(20-13)11-4-2-1-3-5-11/h1-8,10,19H,9H2. The fraction of sp³-hybridized carbons (Fsp3) is 0.0625. The molecule has 24 heavy (non-hydrogen) atoms. The number of nitrogens with zero attached hydrogens (tertiary/aromatic N) is 1. The summed E-state index contributed by atoms with van der Waals surface area (Å²) >= 11 is 1.37. The van der Waals surface area contributed by atoms with Crippen LogP contribution in [0.2, 0.25) is 0 Å². The van der Waals surface area contributed by atoms with Gasteiger partial charge in [-0.1, -0.05) is 30.3 Å². The fourth-order valence-electron chi connectivity index (χ4n) is 2.03. The summed E-state index contributed by atoms with van der Waals surface area (Å²) in [7, 11) is -4.17. The summed E-state index contributed by atoms with van der Waals surface area (Å²) in [4.78, 5) is 3.62. The number of hydrogen-bond acceptors (Lipinski definition) is 4. The molecule has 0 unspecified atom stereocenters. The van der Waals surface area contributed by atoms with Crippen molar-refractivity contribution in [3.63, 3.8) is 0 Å². The number of aromatic nitrogens is 1. The quantitative estimate of drug-likeness (QED) is 0.751. The first-order valence-electron chi connectivity index (χ1n) is 6.90. The molecule has 0 aliphatic heterocycles. The minimum atomic E-state index is -4.17. The molecule has 1 heterocycles. The first kappa shape index (κ1) is 16.7. The Balaban J connectivity index is 1.76. The highest BCUT2D eigenvalue weighted by Crippen LogP contribution is 2.23. The monoisotopic (exact) mass is 366 g/mol. The van der Waals surface area contributed by atoms with Crippen LogP contribution in [0, 0.1) is 11.6 Å². The summed E-state index contributed by atoms with van der Waals surface area (Å²) in [6.07, 6.45) is 0. The number of benzene rings is 2. The maximum absolute atomic E-state index is 13.6. The topological polar surface area (TPSA) is 59.1 Å². The zero-order chi connectivity index (χ0) is 17.2. The van der Waals surface area contributed by atoms with Crippen LogP contribution in [0.1, 0.15) is 5.69 Å². The Bertz CT molecular complexity index is 957. The third kappa shape index (κ3) is 3.66. The number of rotatable bonds is 5. The molecular weight excluding hydrogens is 354 g/mol. The van der Waals surface area contributed by atoms with Crippen LogP contribution in [0.3, 0.4) is 0 Å². The molecule has 0 fully saturated rings. The molecule has 1 aromatic heterocycles. The molecule has 3 aromatic rings. The molecule has 3 rings (SSSR count). The average Bonchev–Trinajstić information content (AvgIpc) is 3.05. The molecule has 0 saturated carbocycles. The van der Waals surface area contributed by atoms with Crippen molar-refractivity contribution in [1.29, 1.82) is 0 Å². The molecule has 2 aromatic carbocycles. The molecule has 124 valence electrons. The Morgan fingerprint density at radius 2 is 1.83 bits per heavy atom. The molecule has 0 saturated heterocycles. The molecule has 1 N–H and O–H groups in total. The van der Waals surface area contributed by atoms with Crippen molar-refractivity contribution in [1.82, 2.24) is 9.71 Å². The van der Waals surface area contributed by atoms with Crippen LogP contribution in [-0.4, -0.2) is 13.4 Å². The minimum absolute atomic E-state index is 0.110. The van der Waals surface area contributed by atoms with Gasteiger partial charge in [0.15, 0.2) is 0 Å². The van der Waals surface area contributed by atoms with Crippen molar-refractivity contribution >= 4 is 21.4 Å². The molecule has 4 nitrogen and oxygen atoms in total. The second-order valence-corrected chi connectivity index (χ2v) is 7.50. The van der Waals surface area contributed by atoms with Gasteiger partial charge in [0.05, 0.1) is 12.2 Å². The van der Waals surface area contributed by atoms with Gasteiger partial charge in [0.2, 0.25) is 10.0 Å². The Hall–Kier alpha value is -2.16. The number of halogens is 2. The molecule has 0 radical (unpaired) electrons. The van der Waals surface area contributed by atoms with E-state index in [9.17, 15) is 17.2 Å². The SMILES string of the molecule is O=S(=O)(NCc1csc(-c2ccccc2)n1)c1cc(F)ccc1F. The highest BCUT2D eigenvalue weighted by atomic mass is 32.2. The van der Waals surface area contributed by atoms with Gasteiger partial charge in [-0.05, 0) is 18.2 Å². The van der Waals surface area contributed by atoms with Gasteiger partial charge in [-0.2, -0.15) is 0 Å². The van der Waals surface area contributed by atoms with Crippen molar-refractivity contribution in [2.45, 2.75) is 11.4 Å². The van der Waals surface area contributed by atoms with Gasteiger partial charge >= 0.3 is 0 Å². The first-order valence-corrected chi connectivity index (χ1v) is 9.26. The Labute approximate surface area is 141 Å². The van der Waals surface area contributed by atoms with E-state index >= 15 is 0 Å². The van der Waals surface area contributed by atoms with Gasteiger partial charge in [0.1, 0.15) is 21.5 Å². The number of thiazole rings is 1. The van der Waals surface area contributed by atoms with E-state index < -0.39 is 26.6 Å². The summed E-state index contributed by atoms with van der Waals surface area (Å²) in [5.74, 6) is -1.83. The minimum Gasteiger partial charge on any atom is -0.240 e. The molecule has 0 bridgehead atoms. The van der Waals surface area contributed by atoms with Gasteiger partial charge < -0.3 is 0 Å². The predicted octanol–water partition coefficient (Wildman–Crippen LogP) is 3.57. The third-order valence-electron chi connectivity index (χ3n) is 3.20. The van der Waals surface area contributed by atoms with Gasteiger partial charge in [-0.25, -0.2) is 26.9 Å². The molecule has 0 amide bonds. The number of sulfonamides is 1. The molecule has 0 aliphatic carbocycles. The van der Waals surface area contributed by atoms with E-state index in [1.165, 1.54) is 11.3 Å². The van der Waals surface area contributed by atoms with Crippen LogP contribution < -0.4 is 4.72 Å². The largest absolute Gasteiger partial charge is 0.243 e. The predicted molar refractivity (Wildman–Crippen MR) is 87.9 cm³/mol. The van der Waals surface area contributed by atoms with Gasteiger partial charge in [-0.3, -0.25) is 0 Å². The smallest absolute Gasteiger partial charge is 0.240 e. The van der Waals surface area contributed by atoms with Gasteiger partial charge in [0.25, 0.3) is 0 Å². The highest BCUT2D eigenvalue weighted by Gasteiger charge is 2.20. The lowest BCUT2D eigenvalue weighted by Crippen LogP contribution is -2.24. The van der Waals surface area contributed by atoms with Crippen molar-refractivity contribution in [2.24, 2.45) is 0 Å². The average molecular weight is 366 g/mol. The van der Waals surface area contributed by atoms with E-state index in [4.69, 9.17) is 0 Å². The van der Waals surface area contributed by atoms with Crippen molar-refractivity contribution in [3.05, 3.63) is 71.2 Å². The van der Waals surface area contributed by atoms with Crippen LogP contribution >= 0.6 is 11.3 Å². The van der Waals surface area contributed by atoms with Crippen LogP contribution in [0.25, 0.3) is 10.6 Å². The molecule has 0 atom stereocenters. The Morgan fingerprint density at radius 3 is 2.58 bits per heavy atom. The lowest BCUT2D eigenvalue weighted by atomic mass is 10.2. The summed E-state index contributed by atoms with van der Waals surface area (Å²) in [6.45, 7) is -0.110. The maximum Gasteiger partial charge on any atom is 0.243 e. The lowest BCUT2D eigenvalue weighted by molar-refractivity contribution is 0.545. The van der Waals surface area contributed by atoms with Crippen LogP contribution in [-0.2, 0) is 16.6 Å². The Kier molecular flexibility index (Phi) is 4.70. The summed E-state index contributed by atoms with van der Waals surface area (Å²) < 4.78 is 53.2. The molecular formula is C16H12F2N2O2S2. The normalized spacial score (nSPS) is 11.6. The number of hydrogen-bond donors (Lipinski definition) is 1. The van der Waals surface area contributed by atoms with Gasteiger partial charge in [0, 0.05) is 10.9 Å². The van der Waals surface area contributed by atoms with Crippen molar-refractivity contribution < 1.29 is 17.2 Å². The summed E-state index contributed by atoms with van der Waals surface area (Å²) in [6, 6.07) is 11.7. The maximum atomic E-state index is 13.6. The Morgan fingerprint density at radius 1 is 1.08 bits per heavy atom. The van der Waals surface area contributed by atoms with E-state index in [-0.39, 0.29) is 6.54 Å². The summed E-state index contributed by atoms with van der Waals surface area (Å²) in [5.41, 5.74) is 1.42. The number of nitrogens with one attached hydrogen (secondary N) is 1. The van der Waals surface area contributed by atoms with E-state index in [0.717, 1.165) is 22.7 Å². The fourth-order valence-corrected chi connectivity index (χ4v) is 3.94. The van der Waals surface area contributed by atoms with Crippen LogP contribution in [0.4, 0.5) is 8.78 Å². The van der Waals surface area contributed by atoms with Crippen LogP contribution in [0.5, 0.6) is 0 Å². The second-order valence-electron chi connectivity index (χ2n) is 4.91. The van der Waals surface area contributed by atoms with E-state index in [2.05, 4.69) is 9.71 Å².